The minimum absolute atomic E-state index is 0.0878. The maximum atomic E-state index is 12.7. The highest BCUT2D eigenvalue weighted by Crippen LogP contribution is 2.17. The molecule has 6 nitrogen and oxygen atoms in total. The zero-order valence-corrected chi connectivity index (χ0v) is 15.2. The van der Waals surface area contributed by atoms with E-state index in [0.717, 1.165) is 38.0 Å². The lowest BCUT2D eigenvalue weighted by molar-refractivity contribution is 0.00192. The molecular formula is C18H23ClN4O2. The molecule has 0 radical (unpaired) electrons. The van der Waals surface area contributed by atoms with Gasteiger partial charge in [-0.3, -0.25) is 4.79 Å². The summed E-state index contributed by atoms with van der Waals surface area (Å²) in [6.07, 6.45) is 4.75. The van der Waals surface area contributed by atoms with Crippen LogP contribution >= 0.6 is 11.6 Å². The number of hydrogen-bond acceptors (Lipinski definition) is 4. The lowest BCUT2D eigenvalue weighted by atomic mass is 10.1. The molecule has 0 aliphatic carbocycles. The van der Waals surface area contributed by atoms with E-state index in [-0.39, 0.29) is 12.0 Å². The third-order valence-electron chi connectivity index (χ3n) is 4.27. The minimum atomic E-state index is -0.0878. The molecule has 1 amide bonds. The number of hydrogen-bond donors (Lipinski definition) is 0. The summed E-state index contributed by atoms with van der Waals surface area (Å²) in [5.41, 5.74) is 1.31. The van der Waals surface area contributed by atoms with Crippen LogP contribution in [0, 0.1) is 0 Å². The molecule has 1 aromatic carbocycles. The van der Waals surface area contributed by atoms with Gasteiger partial charge in [0.25, 0.3) is 5.91 Å². The van der Waals surface area contributed by atoms with Crippen molar-refractivity contribution in [1.29, 1.82) is 0 Å². The van der Waals surface area contributed by atoms with Gasteiger partial charge >= 0.3 is 0 Å². The number of aromatic nitrogens is 3. The molecule has 7 heteroatoms. The standard InChI is InChI=1S/C18H23ClN4O2/c1-2-10-25-15-7-5-9-22(12-15)18(24)17-13-23(21-20-17)11-14-6-3-4-8-16(14)19/h3-4,6,8,13,15H,2,5,7,9-12H2,1H3/t15-/m0/s1. The van der Waals surface area contributed by atoms with E-state index >= 15 is 0 Å². The molecule has 2 heterocycles. The fourth-order valence-corrected chi connectivity index (χ4v) is 3.18. The normalized spacial score (nSPS) is 17.7. The van der Waals surface area contributed by atoms with Crippen LogP contribution in [0.5, 0.6) is 0 Å². The number of carbonyl (C=O) groups excluding carboxylic acids is 1. The largest absolute Gasteiger partial charge is 0.376 e. The van der Waals surface area contributed by atoms with Crippen molar-refractivity contribution < 1.29 is 9.53 Å². The topological polar surface area (TPSA) is 60.2 Å². The number of amides is 1. The van der Waals surface area contributed by atoms with Gasteiger partial charge in [-0.25, -0.2) is 4.68 Å². The molecule has 0 bridgehead atoms. The van der Waals surface area contributed by atoms with Crippen molar-refractivity contribution in [2.24, 2.45) is 0 Å². The van der Waals surface area contributed by atoms with Gasteiger partial charge < -0.3 is 9.64 Å². The van der Waals surface area contributed by atoms with E-state index < -0.39 is 0 Å². The van der Waals surface area contributed by atoms with Gasteiger partial charge in [-0.1, -0.05) is 41.9 Å². The summed E-state index contributed by atoms with van der Waals surface area (Å²) in [5.74, 6) is -0.0878. The first-order valence-corrected chi connectivity index (χ1v) is 9.09. The molecule has 0 N–H and O–H groups in total. The second-order valence-corrected chi connectivity index (χ2v) is 6.69. The number of piperidine rings is 1. The molecule has 1 aromatic heterocycles. The van der Waals surface area contributed by atoms with E-state index in [4.69, 9.17) is 16.3 Å². The Morgan fingerprint density at radius 3 is 3.04 bits per heavy atom. The molecule has 134 valence electrons. The molecule has 1 saturated heterocycles. The highest BCUT2D eigenvalue weighted by Gasteiger charge is 2.26. The second kappa shape index (κ2) is 8.45. The quantitative estimate of drug-likeness (QED) is 0.792. The number of likely N-dealkylation sites (tertiary alicyclic amines) is 1. The highest BCUT2D eigenvalue weighted by atomic mass is 35.5. The lowest BCUT2D eigenvalue weighted by Crippen LogP contribution is -2.43. The number of halogens is 1. The van der Waals surface area contributed by atoms with E-state index in [0.29, 0.717) is 23.8 Å². The van der Waals surface area contributed by atoms with Crippen LogP contribution in [0.4, 0.5) is 0 Å². The van der Waals surface area contributed by atoms with Gasteiger partial charge in [0.2, 0.25) is 0 Å². The molecule has 2 aromatic rings. The van der Waals surface area contributed by atoms with Crippen molar-refractivity contribution in [3.05, 3.63) is 46.7 Å². The van der Waals surface area contributed by atoms with Crippen molar-refractivity contribution in [3.63, 3.8) is 0 Å². The van der Waals surface area contributed by atoms with Crippen LogP contribution in [0.3, 0.4) is 0 Å². The summed E-state index contributed by atoms with van der Waals surface area (Å²) in [5, 5.41) is 8.79. The number of nitrogens with zero attached hydrogens (tertiary/aromatic N) is 4. The first-order chi connectivity index (χ1) is 12.2. The zero-order valence-electron chi connectivity index (χ0n) is 14.4. The SMILES string of the molecule is CCCO[C@H]1CCCN(C(=O)c2cn(Cc3ccccc3Cl)nn2)C1. The summed E-state index contributed by atoms with van der Waals surface area (Å²) in [6.45, 7) is 4.67. The van der Waals surface area contributed by atoms with Crippen LogP contribution in [-0.2, 0) is 11.3 Å². The predicted octanol–water partition coefficient (Wildman–Crippen LogP) is 3.01. The van der Waals surface area contributed by atoms with Gasteiger partial charge in [0, 0.05) is 24.7 Å². The van der Waals surface area contributed by atoms with Gasteiger partial charge in [-0.2, -0.15) is 0 Å². The predicted molar refractivity (Wildman–Crippen MR) is 95.7 cm³/mol. The highest BCUT2D eigenvalue weighted by molar-refractivity contribution is 6.31. The number of carbonyl (C=O) groups is 1. The maximum absolute atomic E-state index is 12.7. The average Bonchev–Trinajstić information content (AvgIpc) is 3.10. The molecular weight excluding hydrogens is 340 g/mol. The van der Waals surface area contributed by atoms with E-state index in [1.165, 1.54) is 0 Å². The van der Waals surface area contributed by atoms with Crippen molar-refractivity contribution in [2.75, 3.05) is 19.7 Å². The first-order valence-electron chi connectivity index (χ1n) is 8.71. The Labute approximate surface area is 152 Å². The van der Waals surface area contributed by atoms with Gasteiger partial charge in [0.05, 0.1) is 18.8 Å². The van der Waals surface area contributed by atoms with Crippen LogP contribution in [0.2, 0.25) is 5.02 Å². The Balaban J connectivity index is 1.63. The summed E-state index contributed by atoms with van der Waals surface area (Å²) in [4.78, 5) is 14.5. The Morgan fingerprint density at radius 2 is 2.24 bits per heavy atom. The fraction of sp³-hybridized carbons (Fsp3) is 0.500. The van der Waals surface area contributed by atoms with Crippen molar-refractivity contribution in [2.45, 2.75) is 38.8 Å². The molecule has 1 atom stereocenters. The maximum Gasteiger partial charge on any atom is 0.276 e. The molecule has 0 spiro atoms. The smallest absolute Gasteiger partial charge is 0.276 e. The second-order valence-electron chi connectivity index (χ2n) is 6.28. The van der Waals surface area contributed by atoms with Gasteiger partial charge in [-0.15, -0.1) is 5.10 Å². The summed E-state index contributed by atoms with van der Waals surface area (Å²) < 4.78 is 7.44. The Kier molecular flexibility index (Phi) is 6.04. The van der Waals surface area contributed by atoms with E-state index in [2.05, 4.69) is 17.2 Å². The van der Waals surface area contributed by atoms with E-state index in [1.807, 2.05) is 29.2 Å². The van der Waals surface area contributed by atoms with Crippen LogP contribution in [0.15, 0.2) is 30.5 Å². The van der Waals surface area contributed by atoms with Crippen molar-refractivity contribution in [1.82, 2.24) is 19.9 Å². The number of ether oxygens (including phenoxy) is 1. The van der Waals surface area contributed by atoms with Crippen LogP contribution in [0.25, 0.3) is 0 Å². The number of rotatable bonds is 6. The molecule has 25 heavy (non-hydrogen) atoms. The summed E-state index contributed by atoms with van der Waals surface area (Å²) >= 11 is 6.17. The molecule has 1 aliphatic rings. The lowest BCUT2D eigenvalue weighted by Gasteiger charge is -2.32. The first kappa shape index (κ1) is 17.9. The molecule has 1 aliphatic heterocycles. The Bertz CT molecular complexity index is 719. The van der Waals surface area contributed by atoms with Crippen LogP contribution in [-0.4, -0.2) is 51.6 Å². The van der Waals surface area contributed by atoms with E-state index in [1.54, 1.807) is 10.9 Å². The fourth-order valence-electron chi connectivity index (χ4n) is 2.98. The summed E-state index contributed by atoms with van der Waals surface area (Å²) in [6, 6.07) is 7.58. The van der Waals surface area contributed by atoms with Crippen LogP contribution in [0.1, 0.15) is 42.2 Å². The van der Waals surface area contributed by atoms with E-state index in [9.17, 15) is 4.79 Å². The third kappa shape index (κ3) is 4.58. The van der Waals surface area contributed by atoms with Gasteiger partial charge in [-0.05, 0) is 30.9 Å². The minimum Gasteiger partial charge on any atom is -0.376 e. The summed E-state index contributed by atoms with van der Waals surface area (Å²) in [7, 11) is 0. The van der Waals surface area contributed by atoms with Gasteiger partial charge in [0.1, 0.15) is 0 Å². The van der Waals surface area contributed by atoms with Crippen molar-refractivity contribution >= 4 is 17.5 Å². The third-order valence-corrected chi connectivity index (χ3v) is 4.64. The Hall–Kier alpha value is -1.92. The Morgan fingerprint density at radius 1 is 1.40 bits per heavy atom. The van der Waals surface area contributed by atoms with Gasteiger partial charge in [0.15, 0.2) is 5.69 Å². The van der Waals surface area contributed by atoms with Crippen molar-refractivity contribution in [3.8, 4) is 0 Å². The monoisotopic (exact) mass is 362 g/mol. The molecule has 0 saturated carbocycles. The van der Waals surface area contributed by atoms with Crippen LogP contribution < -0.4 is 0 Å². The average molecular weight is 363 g/mol. The molecule has 3 rings (SSSR count). The molecule has 1 fully saturated rings. The zero-order chi connectivity index (χ0) is 17.6. The number of benzene rings is 1. The molecule has 0 unspecified atom stereocenters.